The normalized spacial score (nSPS) is 14.1. The number of hydrogen-bond donors (Lipinski definition) is 0. The molecule has 4 rings (SSSR count). The lowest BCUT2D eigenvalue weighted by Gasteiger charge is -2.02. The zero-order chi connectivity index (χ0) is 13.4. The van der Waals surface area contributed by atoms with Crippen LogP contribution in [0.5, 0.6) is 0 Å². The third-order valence-electron chi connectivity index (χ3n) is 3.73. The fourth-order valence-electron chi connectivity index (χ4n) is 2.81. The third-order valence-corrected chi connectivity index (χ3v) is 3.73. The third kappa shape index (κ3) is 1.68. The second kappa shape index (κ2) is 4.46. The first-order valence-electron chi connectivity index (χ1n) is 6.74. The number of rotatable bonds is 1. The summed E-state index contributed by atoms with van der Waals surface area (Å²) in [6.45, 7) is 0. The minimum Gasteiger partial charge on any atom is -0.264 e. The van der Waals surface area contributed by atoms with Crippen molar-refractivity contribution in [1.82, 2.24) is 4.98 Å². The first kappa shape index (κ1) is 11.2. The highest BCUT2D eigenvalue weighted by Crippen LogP contribution is 2.44. The highest BCUT2D eigenvalue weighted by molar-refractivity contribution is 6.06. The molecular weight excluding hydrogens is 242 g/mol. The number of pyridine rings is 1. The van der Waals surface area contributed by atoms with Crippen LogP contribution in [0.15, 0.2) is 73.1 Å². The molecule has 0 atom stereocenters. The highest BCUT2D eigenvalue weighted by Gasteiger charge is 2.22. The monoisotopic (exact) mass is 255 g/mol. The van der Waals surface area contributed by atoms with Crippen molar-refractivity contribution in [3.05, 3.63) is 89.7 Å². The largest absolute Gasteiger partial charge is 0.264 e. The van der Waals surface area contributed by atoms with Crippen molar-refractivity contribution < 1.29 is 0 Å². The first-order valence-corrected chi connectivity index (χ1v) is 6.74. The maximum absolute atomic E-state index is 4.29. The molecule has 2 aromatic carbocycles. The highest BCUT2D eigenvalue weighted by atomic mass is 14.6. The fourth-order valence-corrected chi connectivity index (χ4v) is 2.81. The Bertz CT molecular complexity index is 753. The second-order valence-corrected chi connectivity index (χ2v) is 4.94. The number of aromatic nitrogens is 1. The molecule has 1 aliphatic carbocycles. The average Bonchev–Trinajstić information content (AvgIpc) is 2.84. The van der Waals surface area contributed by atoms with Crippen LogP contribution in [0.4, 0.5) is 0 Å². The molecule has 1 heteroatoms. The van der Waals surface area contributed by atoms with Crippen LogP contribution in [0, 0.1) is 0 Å². The minimum atomic E-state index is 1.22. The van der Waals surface area contributed by atoms with E-state index in [1.807, 2.05) is 18.5 Å². The van der Waals surface area contributed by atoms with Gasteiger partial charge in [-0.1, -0.05) is 54.6 Å². The van der Waals surface area contributed by atoms with Gasteiger partial charge in [0.2, 0.25) is 0 Å². The first-order chi connectivity index (χ1) is 9.93. The van der Waals surface area contributed by atoms with Crippen molar-refractivity contribution in [2.75, 3.05) is 0 Å². The smallest absolute Gasteiger partial charge is 0.0352 e. The van der Waals surface area contributed by atoms with Crippen molar-refractivity contribution in [2.45, 2.75) is 0 Å². The molecule has 20 heavy (non-hydrogen) atoms. The van der Waals surface area contributed by atoms with Crippen LogP contribution in [-0.2, 0) is 0 Å². The van der Waals surface area contributed by atoms with Gasteiger partial charge in [-0.2, -0.15) is 0 Å². The number of nitrogens with zero attached hydrogens (tertiary/aromatic N) is 1. The number of hydrogen-bond acceptors (Lipinski definition) is 1. The van der Waals surface area contributed by atoms with Gasteiger partial charge >= 0.3 is 0 Å². The summed E-state index contributed by atoms with van der Waals surface area (Å²) < 4.78 is 0. The van der Waals surface area contributed by atoms with E-state index in [1.54, 1.807) is 0 Å². The summed E-state index contributed by atoms with van der Waals surface area (Å²) in [5.74, 6) is 0. The van der Waals surface area contributed by atoms with Gasteiger partial charge in [-0.25, -0.2) is 0 Å². The Balaban J connectivity index is 1.99. The van der Waals surface area contributed by atoms with Crippen LogP contribution in [0.1, 0.15) is 16.7 Å². The molecule has 0 amide bonds. The molecule has 3 aromatic rings. The van der Waals surface area contributed by atoms with Crippen LogP contribution >= 0.6 is 0 Å². The zero-order valence-corrected chi connectivity index (χ0v) is 11.0. The van der Waals surface area contributed by atoms with E-state index >= 15 is 0 Å². The Morgan fingerprint density at radius 1 is 0.650 bits per heavy atom. The summed E-state index contributed by atoms with van der Waals surface area (Å²) in [4.78, 5) is 4.29. The molecule has 0 aliphatic heterocycles. The predicted octanol–water partition coefficient (Wildman–Crippen LogP) is 4.65. The van der Waals surface area contributed by atoms with Gasteiger partial charge in [0.25, 0.3) is 0 Å². The Hall–Kier alpha value is -2.67. The van der Waals surface area contributed by atoms with Gasteiger partial charge in [0.1, 0.15) is 0 Å². The van der Waals surface area contributed by atoms with E-state index in [-0.39, 0.29) is 0 Å². The van der Waals surface area contributed by atoms with Crippen LogP contribution in [0.25, 0.3) is 22.8 Å². The molecule has 0 N–H and O–H groups in total. The minimum absolute atomic E-state index is 1.22. The summed E-state index contributed by atoms with van der Waals surface area (Å²) in [6, 6.07) is 21.1. The average molecular weight is 255 g/mol. The van der Waals surface area contributed by atoms with E-state index in [1.165, 1.54) is 33.4 Å². The van der Waals surface area contributed by atoms with E-state index in [0.717, 1.165) is 0 Å². The zero-order valence-electron chi connectivity index (χ0n) is 11.0. The van der Waals surface area contributed by atoms with Gasteiger partial charge in [0, 0.05) is 18.0 Å². The van der Waals surface area contributed by atoms with Crippen LogP contribution in [-0.4, -0.2) is 4.98 Å². The predicted molar refractivity (Wildman–Crippen MR) is 83.1 cm³/mol. The molecule has 0 bridgehead atoms. The number of benzene rings is 2. The maximum atomic E-state index is 4.29. The lowest BCUT2D eigenvalue weighted by molar-refractivity contribution is 1.32. The summed E-state index contributed by atoms with van der Waals surface area (Å²) in [5.41, 5.74) is 7.56. The fraction of sp³-hybridized carbons (Fsp3) is 0. The lowest BCUT2D eigenvalue weighted by atomic mass is 10.0. The van der Waals surface area contributed by atoms with Crippen molar-refractivity contribution in [1.29, 1.82) is 0 Å². The quantitative estimate of drug-likeness (QED) is 0.482. The maximum Gasteiger partial charge on any atom is 0.0352 e. The SMILES string of the molecule is C(=C1/c2ccccc2-c2ccncc21)/c1ccccc1. The van der Waals surface area contributed by atoms with Crippen molar-refractivity contribution in [3.63, 3.8) is 0 Å². The van der Waals surface area contributed by atoms with E-state index in [0.29, 0.717) is 0 Å². The molecular formula is C19H13N. The van der Waals surface area contributed by atoms with Gasteiger partial charge in [-0.3, -0.25) is 4.98 Å². The molecule has 1 nitrogen and oxygen atoms in total. The van der Waals surface area contributed by atoms with E-state index in [2.05, 4.69) is 65.7 Å². The molecule has 1 aromatic heterocycles. The Labute approximate surface area is 118 Å². The molecule has 0 unspecified atom stereocenters. The van der Waals surface area contributed by atoms with E-state index in [9.17, 15) is 0 Å². The van der Waals surface area contributed by atoms with Crippen molar-refractivity contribution in [2.24, 2.45) is 0 Å². The van der Waals surface area contributed by atoms with Gasteiger partial charge in [-0.15, -0.1) is 0 Å². The standard InChI is InChI=1S/C19H13N/c1-2-6-14(7-3-1)12-18-16-9-5-4-8-15(16)17-10-11-20-13-19(17)18/h1-13H/b18-12+. The molecule has 1 heterocycles. The van der Waals surface area contributed by atoms with Crippen LogP contribution in [0.2, 0.25) is 0 Å². The summed E-state index contributed by atoms with van der Waals surface area (Å²) in [6.07, 6.45) is 6.07. The molecule has 0 spiro atoms. The van der Waals surface area contributed by atoms with E-state index in [4.69, 9.17) is 0 Å². The summed E-state index contributed by atoms with van der Waals surface area (Å²) >= 11 is 0. The van der Waals surface area contributed by atoms with Crippen molar-refractivity contribution in [3.8, 4) is 11.1 Å². The second-order valence-electron chi connectivity index (χ2n) is 4.94. The van der Waals surface area contributed by atoms with Gasteiger partial charge in [0.15, 0.2) is 0 Å². The Morgan fingerprint density at radius 2 is 1.35 bits per heavy atom. The number of fused-ring (bicyclic) bond motifs is 3. The molecule has 0 fully saturated rings. The van der Waals surface area contributed by atoms with Gasteiger partial charge in [-0.05, 0) is 40.0 Å². The molecule has 0 saturated heterocycles. The van der Waals surface area contributed by atoms with Crippen molar-refractivity contribution >= 4 is 11.6 Å². The molecule has 0 radical (unpaired) electrons. The summed E-state index contributed by atoms with van der Waals surface area (Å²) in [7, 11) is 0. The Kier molecular flexibility index (Phi) is 2.49. The van der Waals surface area contributed by atoms with Crippen LogP contribution in [0.3, 0.4) is 0 Å². The molecule has 94 valence electrons. The lowest BCUT2D eigenvalue weighted by Crippen LogP contribution is -1.82. The van der Waals surface area contributed by atoms with Gasteiger partial charge in [0.05, 0.1) is 0 Å². The molecule has 1 aliphatic rings. The molecule has 0 saturated carbocycles. The Morgan fingerprint density at radius 3 is 2.20 bits per heavy atom. The van der Waals surface area contributed by atoms with Gasteiger partial charge < -0.3 is 0 Å². The topological polar surface area (TPSA) is 12.9 Å². The summed E-state index contributed by atoms with van der Waals surface area (Å²) in [5, 5.41) is 0. The van der Waals surface area contributed by atoms with E-state index < -0.39 is 0 Å². The van der Waals surface area contributed by atoms with Crippen LogP contribution < -0.4 is 0 Å².